The van der Waals surface area contributed by atoms with Gasteiger partial charge in [-0.3, -0.25) is 0 Å². The Balaban J connectivity index is 0.000000215. The lowest BCUT2D eigenvalue weighted by Gasteiger charge is -2.24. The first-order valence-corrected chi connectivity index (χ1v) is 20.2. The number of hydrogen-bond acceptors (Lipinski definition) is 8. The van der Waals surface area contributed by atoms with Gasteiger partial charge in [-0.15, -0.1) is 10.2 Å². The van der Waals surface area contributed by atoms with Crippen molar-refractivity contribution in [3.63, 3.8) is 0 Å². The monoisotopic (exact) mass is 916 g/mol. The second-order valence-corrected chi connectivity index (χ2v) is 20.1. The van der Waals surface area contributed by atoms with Crippen molar-refractivity contribution in [2.24, 2.45) is 4.40 Å². The van der Waals surface area contributed by atoms with Crippen molar-refractivity contribution in [1.82, 2.24) is 44.7 Å². The van der Waals surface area contributed by atoms with Gasteiger partial charge in [-0.25, -0.2) is 32.5 Å². The minimum Gasteiger partial charge on any atom is -0.242 e. The van der Waals surface area contributed by atoms with Crippen molar-refractivity contribution < 1.29 is 43.5 Å². The average Bonchev–Trinajstić information content (AvgIpc) is 3.99. The van der Waals surface area contributed by atoms with Gasteiger partial charge in [-0.1, -0.05) is 16.5 Å². The first-order chi connectivity index (χ1) is 26.1. The van der Waals surface area contributed by atoms with Gasteiger partial charge in [-0.05, 0) is 121 Å². The van der Waals surface area contributed by atoms with Crippen molar-refractivity contribution in [2.45, 2.75) is 120 Å². The Kier molecular flexibility index (Phi) is 13.7. The summed E-state index contributed by atoms with van der Waals surface area (Å²) in [6.07, 6.45) is -5.33. The van der Waals surface area contributed by atoms with Gasteiger partial charge in [0.15, 0.2) is 11.1 Å². The van der Waals surface area contributed by atoms with Gasteiger partial charge in [0.1, 0.15) is 22.4 Å². The van der Waals surface area contributed by atoms with Crippen LogP contribution in [0.1, 0.15) is 102 Å². The predicted molar refractivity (Wildman–Crippen MR) is 200 cm³/mol. The van der Waals surface area contributed by atoms with Crippen molar-refractivity contribution in [2.75, 3.05) is 0 Å². The highest BCUT2D eigenvalue weighted by atomic mass is 79.9. The summed E-state index contributed by atoms with van der Waals surface area (Å²) in [5, 5.41) is 14.7. The number of aryl methyl sites for hydroxylation is 2. The van der Waals surface area contributed by atoms with Gasteiger partial charge in [-0.2, -0.15) is 39.5 Å². The molecule has 0 saturated heterocycles. The standard InChI is InChI=1S/C17H21F4N5OS.C11H15F3N4OS.C6H5BrFN/c1-10-11(5-6-13(18)22-10)14(24-28(27)15(2,3)4)12-9-26(25-23-12)16(7-8-16)17(19,20)21;1-9(2,3)20(19)15-6-8-7-18(17-16-8)10(4-5-10)11(12,13)14;1-4-5(7)2-3-6(8)9-4/h5-6,9,14,24H,7-8H2,1-4H3;6-7H,4-5H2,1-3H3;2-3H,1H3/t14-,28-;20-;/m00./s1. The molecule has 2 aliphatic rings. The van der Waals surface area contributed by atoms with Crippen molar-refractivity contribution >= 4 is 44.1 Å². The Bertz CT molecular complexity index is 2120. The molecule has 0 unspecified atom stereocenters. The van der Waals surface area contributed by atoms with Gasteiger partial charge in [0.05, 0.1) is 50.8 Å². The molecule has 4 aromatic heterocycles. The lowest BCUT2D eigenvalue weighted by Crippen LogP contribution is -2.37. The van der Waals surface area contributed by atoms with Crippen LogP contribution in [0.3, 0.4) is 0 Å². The molecule has 314 valence electrons. The minimum atomic E-state index is -4.44. The number of pyridine rings is 2. The number of aromatic nitrogens is 8. The van der Waals surface area contributed by atoms with E-state index in [0.717, 1.165) is 19.9 Å². The Morgan fingerprint density at radius 2 is 1.26 bits per heavy atom. The highest BCUT2D eigenvalue weighted by Crippen LogP contribution is 2.55. The normalized spacial score (nSPS) is 17.8. The molecular weight excluding hydrogens is 876 g/mol. The molecule has 0 bridgehead atoms. The Hall–Kier alpha value is -3.57. The zero-order valence-corrected chi connectivity index (χ0v) is 35.2. The summed E-state index contributed by atoms with van der Waals surface area (Å²) >= 11 is 3.20. The van der Waals surface area contributed by atoms with E-state index in [1.165, 1.54) is 30.7 Å². The highest BCUT2D eigenvalue weighted by molar-refractivity contribution is 9.10. The quantitative estimate of drug-likeness (QED) is 0.107. The van der Waals surface area contributed by atoms with Crippen molar-refractivity contribution in [3.05, 3.63) is 81.4 Å². The van der Waals surface area contributed by atoms with Crippen molar-refractivity contribution in [3.8, 4) is 0 Å². The summed E-state index contributed by atoms with van der Waals surface area (Å²) in [5.41, 5.74) is -2.19. The third-order valence-electron chi connectivity index (χ3n) is 8.67. The second kappa shape index (κ2) is 17.0. The lowest BCUT2D eigenvalue weighted by molar-refractivity contribution is -0.183. The maximum absolute atomic E-state index is 13.4. The maximum atomic E-state index is 13.4. The van der Waals surface area contributed by atoms with Crippen LogP contribution in [-0.2, 0) is 33.0 Å². The number of nitrogens with one attached hydrogen (secondary N) is 1. The number of nitrogens with zero attached hydrogens (tertiary/aromatic N) is 9. The lowest BCUT2D eigenvalue weighted by atomic mass is 10.0. The average molecular weight is 918 g/mol. The Morgan fingerprint density at radius 3 is 1.70 bits per heavy atom. The zero-order valence-electron chi connectivity index (χ0n) is 32.0. The molecule has 57 heavy (non-hydrogen) atoms. The molecule has 0 aliphatic heterocycles. The predicted octanol–water partition coefficient (Wildman–Crippen LogP) is 7.82. The van der Waals surface area contributed by atoms with Crippen LogP contribution in [-0.4, -0.2) is 76.4 Å². The van der Waals surface area contributed by atoms with Gasteiger partial charge >= 0.3 is 12.4 Å². The van der Waals surface area contributed by atoms with Crippen LogP contribution in [0, 0.1) is 25.7 Å². The van der Waals surface area contributed by atoms with E-state index in [9.17, 15) is 43.5 Å². The van der Waals surface area contributed by atoms with Gasteiger partial charge in [0.2, 0.25) is 11.9 Å². The van der Waals surface area contributed by atoms with Crippen molar-refractivity contribution in [1.29, 1.82) is 0 Å². The first-order valence-electron chi connectivity index (χ1n) is 17.2. The van der Waals surface area contributed by atoms with Crippen LogP contribution in [0.2, 0.25) is 0 Å². The number of hydrogen-bond donors (Lipinski definition) is 1. The Morgan fingerprint density at radius 1 is 0.772 bits per heavy atom. The molecule has 4 heterocycles. The molecule has 23 heteroatoms. The number of halogens is 9. The van der Waals surface area contributed by atoms with Crippen LogP contribution in [0.15, 0.2) is 45.5 Å². The first kappa shape index (κ1) is 46.1. The fourth-order valence-electron chi connectivity index (χ4n) is 4.87. The number of alkyl halides is 6. The summed E-state index contributed by atoms with van der Waals surface area (Å²) < 4.78 is 137. The molecule has 6 rings (SSSR count). The molecule has 0 spiro atoms. The van der Waals surface area contributed by atoms with E-state index in [-0.39, 0.29) is 37.1 Å². The molecule has 3 atom stereocenters. The molecule has 4 aromatic rings. The molecule has 2 fully saturated rings. The van der Waals surface area contributed by atoms with Crippen LogP contribution in [0.25, 0.3) is 0 Å². The fraction of sp³-hybridized carbons (Fsp3) is 0.559. The molecule has 0 amide bonds. The second-order valence-electron chi connectivity index (χ2n) is 15.3. The third kappa shape index (κ3) is 11.1. The summed E-state index contributed by atoms with van der Waals surface area (Å²) in [4.78, 5) is 7.32. The molecule has 2 aliphatic carbocycles. The fourth-order valence-corrected chi connectivity index (χ4v) is 6.43. The number of rotatable bonds is 8. The van der Waals surface area contributed by atoms with E-state index >= 15 is 0 Å². The van der Waals surface area contributed by atoms with Gasteiger partial charge in [0, 0.05) is 10.2 Å². The molecule has 2 saturated carbocycles. The van der Waals surface area contributed by atoms with Crippen LogP contribution in [0.5, 0.6) is 0 Å². The SMILES string of the molecule is CC(C)(C)[S@](=O)N=Cc1cn(C2(C(F)(F)F)CC2)nn1.Cc1nc(F)ccc1Br.Cc1nc(F)ccc1[C@H](N[S@@](=O)C(C)(C)C)c1cn(C2(C(F)(F)F)CC2)nn1. The van der Waals surface area contributed by atoms with E-state index in [0.29, 0.717) is 17.0 Å². The molecule has 12 nitrogen and oxygen atoms in total. The van der Waals surface area contributed by atoms with E-state index < -0.39 is 72.8 Å². The molecule has 1 N–H and O–H groups in total. The summed E-state index contributed by atoms with van der Waals surface area (Å²) in [7, 11) is -3.05. The van der Waals surface area contributed by atoms with Crippen LogP contribution < -0.4 is 4.72 Å². The molecular formula is C34H41BrF8N10O2S2. The largest absolute Gasteiger partial charge is 0.413 e. The van der Waals surface area contributed by atoms with E-state index in [2.05, 4.69) is 55.6 Å². The summed E-state index contributed by atoms with van der Waals surface area (Å²) in [6, 6.07) is 4.69. The Labute approximate surface area is 337 Å². The van der Waals surface area contributed by atoms with E-state index in [4.69, 9.17) is 0 Å². The molecule has 0 radical (unpaired) electrons. The van der Waals surface area contributed by atoms with Gasteiger partial charge < -0.3 is 0 Å². The van der Waals surface area contributed by atoms with Crippen LogP contribution >= 0.6 is 15.9 Å². The van der Waals surface area contributed by atoms with Crippen LogP contribution in [0.4, 0.5) is 35.1 Å². The third-order valence-corrected chi connectivity index (χ3v) is 12.4. The van der Waals surface area contributed by atoms with Gasteiger partial charge in [0.25, 0.3) is 0 Å². The zero-order chi connectivity index (χ0) is 42.9. The summed E-state index contributed by atoms with van der Waals surface area (Å²) in [6.45, 7) is 13.8. The summed E-state index contributed by atoms with van der Waals surface area (Å²) in [5.74, 6) is -1.12. The van der Waals surface area contributed by atoms with E-state index in [1.54, 1.807) is 61.5 Å². The van der Waals surface area contributed by atoms with E-state index in [1.807, 2.05) is 0 Å². The maximum Gasteiger partial charge on any atom is 0.413 e. The topological polar surface area (TPSA) is 146 Å². The highest BCUT2D eigenvalue weighted by Gasteiger charge is 2.66. The minimum absolute atomic E-state index is 0.00433. The molecule has 0 aromatic carbocycles. The smallest absolute Gasteiger partial charge is 0.242 e.